The normalized spacial score (nSPS) is 15.1. The standard InChI is InChI=1S/C78H123N23O25/c1-36(2)31-54(77(125)126)99-73(121)53(35-58(83)108)98-75(123)61(37(3)4)100-68(116)46(18-14-30-87-78(85)86)90-64(112)39(6)88-63(111)38(5)89-65(113)49(25-28-59(109)110)94-76(124)62(41(8)103)101-69(117)45(17-12-13-29-79)91-70(118)51(33-43-19-21-44(104)22-20-43)96-66(114)47(23-26-55(80)105)92-72(120)52(34-57(82)107)97-71(119)50(32-42-15-10-9-11-16-42)95-67(115)48(24-27-56(81)106)93-74(122)60(84)40(7)102/h9-11,15-16,19-22,36-41,45-54,60-62,102-104H,12-14,17-18,23-35,79,84H2,1-8H3,(H2,80,105)(H2,81,106)(H2,82,107)(H2,83,108)(H,88,111)(H,89,113)(H,90,112)(H,91,118)(H,92,120)(H,93,122)(H,94,124)(H,95,115)(H,96,114)(H,97,119)(H,98,123)(H,99,121)(H,100,116)(H,101,117)(H,109,110)(H,125,126)(H4,85,86,87)/t38-,39-,40+,41+,45-,46-,47-,48-,49-,50-,51-,52-,53-,54-,60-,61-,62-/m0/s1. The smallest absolute Gasteiger partial charge is 0.326 e. The van der Waals surface area contributed by atoms with Gasteiger partial charge in [-0.05, 0) is 127 Å². The topological polar surface area (TPSA) is 829 Å². The number of hydrogen-bond donors (Lipinski definition) is 28. The monoisotopic (exact) mass is 1780 g/mol. The lowest BCUT2D eigenvalue weighted by atomic mass is 10.0. The number of aliphatic hydroxyl groups excluding tert-OH is 2. The number of rotatable bonds is 59. The minimum atomic E-state index is -2.06. The van der Waals surface area contributed by atoms with Gasteiger partial charge in [-0.2, -0.15) is 0 Å². The van der Waals surface area contributed by atoms with Crippen LogP contribution in [-0.2, 0) is 109 Å². The number of carboxylic acids is 2. The maximum Gasteiger partial charge on any atom is 0.326 e. The number of carbonyl (C=O) groups is 20. The highest BCUT2D eigenvalue weighted by atomic mass is 16.4. The number of primary amides is 4. The molecule has 0 bridgehead atoms. The summed E-state index contributed by atoms with van der Waals surface area (Å²) >= 11 is 0. The van der Waals surface area contributed by atoms with Gasteiger partial charge in [-0.25, -0.2) is 4.79 Å². The Morgan fingerprint density at radius 1 is 0.365 bits per heavy atom. The van der Waals surface area contributed by atoms with Gasteiger partial charge >= 0.3 is 11.9 Å². The second-order valence-corrected chi connectivity index (χ2v) is 30.9. The molecule has 48 heteroatoms. The molecule has 0 unspecified atom stereocenters. The quantitative estimate of drug-likeness (QED) is 0.0166. The number of carbonyl (C=O) groups excluding carboxylic acids is 18. The Morgan fingerprint density at radius 3 is 1.13 bits per heavy atom. The van der Waals surface area contributed by atoms with Crippen molar-refractivity contribution in [2.75, 3.05) is 13.1 Å². The van der Waals surface area contributed by atoms with E-state index in [1.165, 1.54) is 45.0 Å². The van der Waals surface area contributed by atoms with Crippen molar-refractivity contribution in [2.24, 2.45) is 52.0 Å². The molecule has 0 aliphatic rings. The molecular formula is C78H123N23O25. The molecule has 2 aromatic carbocycles. The van der Waals surface area contributed by atoms with Crippen molar-refractivity contribution in [1.82, 2.24) is 79.8 Å². The maximum atomic E-state index is 14.8. The number of phenolic OH excluding ortho intramolecular Hbond substituents is 1. The summed E-state index contributed by atoms with van der Waals surface area (Å²) in [5.74, 6) is -24.9. The number of hydrogen-bond acceptors (Lipinski definition) is 26. The number of amides is 18. The lowest BCUT2D eigenvalue weighted by molar-refractivity contribution is -0.143. The summed E-state index contributed by atoms with van der Waals surface area (Å²) in [6.45, 7) is 10.9. The van der Waals surface area contributed by atoms with Crippen LogP contribution in [0, 0.1) is 17.2 Å². The highest BCUT2D eigenvalue weighted by Gasteiger charge is 2.40. The van der Waals surface area contributed by atoms with E-state index >= 15 is 0 Å². The van der Waals surface area contributed by atoms with Crippen LogP contribution in [0.15, 0.2) is 54.6 Å². The van der Waals surface area contributed by atoms with Crippen LogP contribution in [0.1, 0.15) is 156 Å². The third-order valence-corrected chi connectivity index (χ3v) is 19.1. The first-order valence-corrected chi connectivity index (χ1v) is 40.5. The number of phenols is 1. The molecule has 17 atom stereocenters. The predicted octanol–water partition coefficient (Wildman–Crippen LogP) is -9.58. The van der Waals surface area contributed by atoms with Crippen molar-refractivity contribution in [1.29, 1.82) is 5.41 Å². The number of benzene rings is 2. The average molecular weight is 1780 g/mol. The molecule has 35 N–H and O–H groups in total. The minimum Gasteiger partial charge on any atom is -0.508 e. The number of nitrogens with one attached hydrogen (secondary N) is 16. The summed E-state index contributed by atoms with van der Waals surface area (Å²) in [6, 6.07) is -12.7. The van der Waals surface area contributed by atoms with E-state index in [-0.39, 0.29) is 75.3 Å². The van der Waals surface area contributed by atoms with Crippen molar-refractivity contribution in [2.45, 2.75) is 261 Å². The van der Waals surface area contributed by atoms with E-state index in [0.29, 0.717) is 5.56 Å². The lowest BCUT2D eigenvalue weighted by Crippen LogP contribution is -2.62. The molecule has 48 nitrogen and oxygen atoms in total. The van der Waals surface area contributed by atoms with Gasteiger partial charge in [0.2, 0.25) is 106 Å². The molecule has 0 saturated carbocycles. The van der Waals surface area contributed by atoms with Gasteiger partial charge in [0, 0.05) is 38.6 Å². The van der Waals surface area contributed by atoms with E-state index in [9.17, 15) is 121 Å². The first kappa shape index (κ1) is 109. The SMILES string of the molecule is CC(C)C[C@H](NC(=O)[C@H](CC(N)=O)NC(=O)[C@@H](NC(=O)[C@H](CCCNC(=N)N)NC(=O)[C@H](C)NC(=O)[C@H](C)NC(=O)[C@H](CCC(=O)O)NC(=O)[C@@H](NC(=O)[C@H](CCCCN)NC(=O)[C@H](Cc1ccc(O)cc1)NC(=O)[C@H](CCC(N)=O)NC(=O)[C@H](CC(N)=O)NC(=O)[C@H](Cc1ccccc1)NC(=O)[C@H](CCC(N)=O)NC(=O)[C@@H](N)[C@@H](C)O)[C@@H](C)O)C(C)C)C(=O)O. The zero-order chi connectivity index (χ0) is 95.5. The fourth-order valence-corrected chi connectivity index (χ4v) is 12.0. The van der Waals surface area contributed by atoms with Gasteiger partial charge in [-0.3, -0.25) is 96.5 Å². The molecule has 700 valence electrons. The molecule has 0 saturated heterocycles. The maximum absolute atomic E-state index is 14.8. The highest BCUT2D eigenvalue weighted by molar-refractivity contribution is 6.02. The molecule has 0 heterocycles. The first-order valence-electron chi connectivity index (χ1n) is 40.5. The number of guanidine groups is 1. The number of nitrogens with two attached hydrogens (primary N) is 7. The van der Waals surface area contributed by atoms with Crippen molar-refractivity contribution >= 4 is 124 Å². The molecule has 0 radical (unpaired) electrons. The second-order valence-electron chi connectivity index (χ2n) is 30.9. The third kappa shape index (κ3) is 41.3. The second kappa shape index (κ2) is 55.1. The van der Waals surface area contributed by atoms with Crippen LogP contribution >= 0.6 is 0 Å². The average Bonchev–Trinajstić information content (AvgIpc) is 0.845. The number of aliphatic carboxylic acids is 2. The first-order chi connectivity index (χ1) is 58.9. The number of aliphatic hydroxyl groups is 2. The molecule has 18 amide bonds. The summed E-state index contributed by atoms with van der Waals surface area (Å²) in [5, 5.41) is 93.8. The van der Waals surface area contributed by atoms with Crippen LogP contribution in [0.25, 0.3) is 0 Å². The zero-order valence-electron chi connectivity index (χ0n) is 71.3. The van der Waals surface area contributed by atoms with Gasteiger partial charge in [0.1, 0.15) is 96.4 Å². The van der Waals surface area contributed by atoms with Crippen LogP contribution < -0.4 is 120 Å². The van der Waals surface area contributed by atoms with Gasteiger partial charge in [0.05, 0.1) is 25.0 Å². The molecule has 0 fully saturated rings. The molecule has 0 aliphatic carbocycles. The Kier molecular flexibility index (Phi) is 47.6. The summed E-state index contributed by atoms with van der Waals surface area (Å²) in [6.07, 6.45) is -9.92. The van der Waals surface area contributed by atoms with Crippen molar-refractivity contribution in [3.05, 3.63) is 65.7 Å². The van der Waals surface area contributed by atoms with Crippen molar-refractivity contribution in [3.63, 3.8) is 0 Å². The summed E-state index contributed by atoms with van der Waals surface area (Å²) in [5.41, 5.74) is 39.4. The van der Waals surface area contributed by atoms with Crippen LogP contribution in [0.4, 0.5) is 0 Å². The van der Waals surface area contributed by atoms with Gasteiger partial charge in [-0.15, -0.1) is 0 Å². The zero-order valence-corrected chi connectivity index (χ0v) is 71.3. The fourth-order valence-electron chi connectivity index (χ4n) is 12.0. The van der Waals surface area contributed by atoms with Crippen molar-refractivity contribution in [3.8, 4) is 5.75 Å². The lowest BCUT2D eigenvalue weighted by Gasteiger charge is -2.29. The number of carboxylic acid groups (broad SMARTS) is 2. The molecule has 0 spiro atoms. The van der Waals surface area contributed by atoms with Crippen LogP contribution in [-0.4, -0.2) is 266 Å². The van der Waals surface area contributed by atoms with Gasteiger partial charge in [0.15, 0.2) is 5.96 Å². The third-order valence-electron chi connectivity index (χ3n) is 19.1. The van der Waals surface area contributed by atoms with E-state index in [2.05, 4.69) is 79.8 Å². The van der Waals surface area contributed by atoms with Crippen LogP contribution in [0.3, 0.4) is 0 Å². The Hall–Kier alpha value is -13.2. The van der Waals surface area contributed by atoms with Gasteiger partial charge in [-0.1, -0.05) is 70.2 Å². The highest BCUT2D eigenvalue weighted by Crippen LogP contribution is 2.17. The van der Waals surface area contributed by atoms with E-state index < -0.39 is 291 Å². The Labute approximate surface area is 725 Å². The van der Waals surface area contributed by atoms with Crippen LogP contribution in [0.2, 0.25) is 0 Å². The van der Waals surface area contributed by atoms with Crippen LogP contribution in [0.5, 0.6) is 5.75 Å². The molecule has 0 aromatic heterocycles. The predicted molar refractivity (Wildman–Crippen MR) is 447 cm³/mol. The molecule has 2 rings (SSSR count). The molecule has 126 heavy (non-hydrogen) atoms. The number of unbranched alkanes of at least 4 members (excludes halogenated alkanes) is 1. The molecular weight excluding hydrogens is 1660 g/mol. The summed E-state index contributed by atoms with van der Waals surface area (Å²) in [7, 11) is 0. The van der Waals surface area contributed by atoms with Crippen molar-refractivity contribution < 1.29 is 121 Å². The van der Waals surface area contributed by atoms with E-state index in [4.69, 9.17) is 45.5 Å². The van der Waals surface area contributed by atoms with E-state index in [1.54, 1.807) is 44.2 Å². The fraction of sp³-hybridized carbons (Fsp3) is 0.577. The number of aromatic hydroxyl groups is 1. The summed E-state index contributed by atoms with van der Waals surface area (Å²) in [4.78, 5) is 270. The minimum absolute atomic E-state index is 0.0186. The van der Waals surface area contributed by atoms with E-state index in [0.717, 1.165) is 20.8 Å². The summed E-state index contributed by atoms with van der Waals surface area (Å²) < 4.78 is 0. The molecule has 0 aliphatic heterocycles. The van der Waals surface area contributed by atoms with Gasteiger partial charge < -0.3 is 145 Å². The van der Waals surface area contributed by atoms with Gasteiger partial charge in [0.25, 0.3) is 0 Å². The Balaban J connectivity index is 2.55. The largest absolute Gasteiger partial charge is 0.508 e. The van der Waals surface area contributed by atoms with E-state index in [1.807, 2.05) is 0 Å². The Morgan fingerprint density at radius 2 is 0.714 bits per heavy atom. The Bertz CT molecular complexity index is 4120. The molecule has 2 aromatic rings.